The molecule has 0 radical (unpaired) electrons. The van der Waals surface area contributed by atoms with E-state index in [2.05, 4.69) is 32.1 Å². The number of likely N-dealkylation sites (tertiary alicyclic amines) is 1. The lowest BCUT2D eigenvalue weighted by atomic mass is 9.95. The number of carbonyl (C=O) groups excluding carboxylic acids is 1. The van der Waals surface area contributed by atoms with Crippen LogP contribution in [-0.4, -0.2) is 76.8 Å². The maximum Gasteiger partial charge on any atom is 0.241 e. The molecule has 4 heterocycles. The maximum atomic E-state index is 13.2. The van der Waals surface area contributed by atoms with Crippen LogP contribution in [-0.2, 0) is 17.9 Å². The quantitative estimate of drug-likeness (QED) is 0.484. The molecule has 3 aliphatic heterocycles. The lowest BCUT2D eigenvalue weighted by molar-refractivity contribution is -0.139. The summed E-state index contributed by atoms with van der Waals surface area (Å²) in [5.74, 6) is 3.17. The van der Waals surface area contributed by atoms with Crippen molar-refractivity contribution in [2.45, 2.75) is 25.9 Å². The van der Waals surface area contributed by atoms with Crippen molar-refractivity contribution in [3.05, 3.63) is 58.9 Å². The van der Waals surface area contributed by atoms with Crippen LogP contribution in [0.2, 0.25) is 5.02 Å². The third-order valence-corrected chi connectivity index (χ3v) is 7.65. The summed E-state index contributed by atoms with van der Waals surface area (Å²) >= 11 is 5.96. The summed E-state index contributed by atoms with van der Waals surface area (Å²) in [5, 5.41) is 4.78. The highest BCUT2D eigenvalue weighted by Crippen LogP contribution is 2.33. The van der Waals surface area contributed by atoms with Gasteiger partial charge in [-0.3, -0.25) is 14.6 Å². The first-order chi connectivity index (χ1) is 18.1. The first-order valence-electron chi connectivity index (χ1n) is 12.8. The molecule has 0 unspecified atom stereocenters. The van der Waals surface area contributed by atoms with Crippen molar-refractivity contribution in [2.24, 2.45) is 5.92 Å². The molecule has 9 nitrogen and oxygen atoms in total. The summed E-state index contributed by atoms with van der Waals surface area (Å²) in [4.78, 5) is 24.5. The average Bonchev–Trinajstić information content (AvgIpc) is 3.59. The van der Waals surface area contributed by atoms with E-state index in [9.17, 15) is 4.79 Å². The third kappa shape index (κ3) is 5.58. The molecule has 2 fully saturated rings. The molecular formula is C27H30ClN5O4. The van der Waals surface area contributed by atoms with Crippen LogP contribution in [0, 0.1) is 5.92 Å². The number of benzene rings is 2. The number of amides is 1. The summed E-state index contributed by atoms with van der Waals surface area (Å²) in [6, 6.07) is 13.5. The maximum absolute atomic E-state index is 13.2. The highest BCUT2D eigenvalue weighted by Gasteiger charge is 2.31. The molecule has 1 aromatic heterocycles. The Morgan fingerprint density at radius 2 is 1.62 bits per heavy atom. The lowest BCUT2D eigenvalue weighted by Crippen LogP contribution is -2.51. The van der Waals surface area contributed by atoms with Gasteiger partial charge in [0.2, 0.25) is 24.4 Å². The predicted molar refractivity (Wildman–Crippen MR) is 137 cm³/mol. The van der Waals surface area contributed by atoms with Crippen LogP contribution >= 0.6 is 11.6 Å². The zero-order valence-corrected chi connectivity index (χ0v) is 21.4. The van der Waals surface area contributed by atoms with Crippen molar-refractivity contribution in [2.75, 3.05) is 46.1 Å². The highest BCUT2D eigenvalue weighted by atomic mass is 35.5. The Bertz CT molecular complexity index is 1230. The summed E-state index contributed by atoms with van der Waals surface area (Å²) < 4.78 is 16.4. The Labute approximate surface area is 220 Å². The normalized spacial score (nSPS) is 18.9. The average molecular weight is 524 g/mol. The Kier molecular flexibility index (Phi) is 6.99. The van der Waals surface area contributed by atoms with Crippen LogP contribution in [0.15, 0.2) is 47.0 Å². The van der Waals surface area contributed by atoms with E-state index < -0.39 is 0 Å². The summed E-state index contributed by atoms with van der Waals surface area (Å²) in [6.07, 6.45) is 1.71. The first kappa shape index (κ1) is 24.2. The molecule has 0 atom stereocenters. The van der Waals surface area contributed by atoms with Crippen LogP contribution in [0.4, 0.5) is 0 Å². The molecule has 6 rings (SSSR count). The number of rotatable bonds is 6. The van der Waals surface area contributed by atoms with Crippen molar-refractivity contribution < 1.29 is 18.8 Å². The number of aromatic nitrogens is 2. The van der Waals surface area contributed by atoms with Crippen molar-refractivity contribution in [3.8, 4) is 22.9 Å². The molecule has 3 aliphatic rings. The molecule has 0 aliphatic carbocycles. The molecule has 2 saturated heterocycles. The number of piperidine rings is 1. The zero-order valence-electron chi connectivity index (χ0n) is 20.6. The molecule has 194 valence electrons. The fourth-order valence-corrected chi connectivity index (χ4v) is 5.37. The van der Waals surface area contributed by atoms with Crippen molar-refractivity contribution in [3.63, 3.8) is 0 Å². The Balaban J connectivity index is 0.947. The molecule has 37 heavy (non-hydrogen) atoms. The Hall–Kier alpha value is -3.14. The van der Waals surface area contributed by atoms with Crippen LogP contribution in [0.3, 0.4) is 0 Å². The van der Waals surface area contributed by atoms with Crippen LogP contribution < -0.4 is 9.47 Å². The molecule has 0 spiro atoms. The van der Waals surface area contributed by atoms with E-state index in [4.69, 9.17) is 25.6 Å². The number of fused-ring (bicyclic) bond motifs is 1. The van der Waals surface area contributed by atoms with E-state index in [1.807, 2.05) is 35.2 Å². The minimum Gasteiger partial charge on any atom is -0.454 e. The zero-order chi connectivity index (χ0) is 25.2. The SMILES string of the molecule is O=C(C1CCN(Cc2nc(-c3ccc(Cl)cc3)no2)CC1)N1CCN(Cc2ccc3c(c2)OCO3)CC1. The second-order valence-electron chi connectivity index (χ2n) is 9.86. The molecule has 0 saturated carbocycles. The van der Waals surface area contributed by atoms with Gasteiger partial charge < -0.3 is 18.9 Å². The van der Waals surface area contributed by atoms with Crippen molar-refractivity contribution >= 4 is 17.5 Å². The molecule has 1 amide bonds. The topological polar surface area (TPSA) is 84.2 Å². The lowest BCUT2D eigenvalue weighted by Gasteiger charge is -2.38. The van der Waals surface area contributed by atoms with Gasteiger partial charge in [0.1, 0.15) is 0 Å². The summed E-state index contributed by atoms with van der Waals surface area (Å²) in [7, 11) is 0. The highest BCUT2D eigenvalue weighted by molar-refractivity contribution is 6.30. The molecular weight excluding hydrogens is 494 g/mol. The second kappa shape index (κ2) is 10.7. The van der Waals surface area contributed by atoms with Crippen LogP contribution in [0.25, 0.3) is 11.4 Å². The van der Waals surface area contributed by atoms with Crippen molar-refractivity contribution in [1.29, 1.82) is 0 Å². The smallest absolute Gasteiger partial charge is 0.241 e. The number of ether oxygens (including phenoxy) is 2. The molecule has 10 heteroatoms. The molecule has 0 bridgehead atoms. The largest absolute Gasteiger partial charge is 0.454 e. The number of piperazine rings is 1. The fraction of sp³-hybridized carbons (Fsp3) is 0.444. The third-order valence-electron chi connectivity index (χ3n) is 7.39. The van der Waals surface area contributed by atoms with Gasteiger partial charge in [0.05, 0.1) is 6.54 Å². The van der Waals surface area contributed by atoms with Gasteiger partial charge in [0.25, 0.3) is 0 Å². The number of hydrogen-bond acceptors (Lipinski definition) is 8. The van der Waals surface area contributed by atoms with Gasteiger partial charge in [0, 0.05) is 49.2 Å². The van der Waals surface area contributed by atoms with Crippen LogP contribution in [0.1, 0.15) is 24.3 Å². The first-order valence-corrected chi connectivity index (χ1v) is 13.2. The van der Waals surface area contributed by atoms with Gasteiger partial charge in [-0.25, -0.2) is 0 Å². The van der Waals surface area contributed by atoms with E-state index in [1.54, 1.807) is 0 Å². The minimum absolute atomic E-state index is 0.0870. The number of carbonyl (C=O) groups is 1. The van der Waals surface area contributed by atoms with Crippen molar-refractivity contribution in [1.82, 2.24) is 24.8 Å². The van der Waals surface area contributed by atoms with Crippen LogP contribution in [0.5, 0.6) is 11.5 Å². The molecule has 0 N–H and O–H groups in total. The number of halogens is 1. The van der Waals surface area contributed by atoms with E-state index >= 15 is 0 Å². The number of hydrogen-bond donors (Lipinski definition) is 0. The summed E-state index contributed by atoms with van der Waals surface area (Å²) in [5.41, 5.74) is 2.08. The van der Waals surface area contributed by atoms with Gasteiger partial charge in [-0.15, -0.1) is 0 Å². The van der Waals surface area contributed by atoms with E-state index in [1.165, 1.54) is 5.56 Å². The second-order valence-corrected chi connectivity index (χ2v) is 10.3. The fourth-order valence-electron chi connectivity index (χ4n) is 5.25. The van der Waals surface area contributed by atoms with Gasteiger partial charge in [0.15, 0.2) is 11.5 Å². The molecule has 3 aromatic rings. The van der Waals surface area contributed by atoms with E-state index in [-0.39, 0.29) is 5.92 Å². The summed E-state index contributed by atoms with van der Waals surface area (Å²) in [6.45, 7) is 6.75. The number of nitrogens with zero attached hydrogens (tertiary/aromatic N) is 5. The monoisotopic (exact) mass is 523 g/mol. The standard InChI is InChI=1S/C27H30ClN5O4/c28-22-4-2-20(3-5-22)26-29-25(37-30-26)17-31-9-7-21(8-10-31)27(34)33-13-11-32(12-14-33)16-19-1-6-23-24(15-19)36-18-35-23/h1-6,15,21H,7-14,16-18H2. The van der Waals surface area contributed by atoms with E-state index in [0.717, 1.165) is 75.7 Å². The predicted octanol–water partition coefficient (Wildman–Crippen LogP) is 3.68. The Morgan fingerprint density at radius 3 is 2.41 bits per heavy atom. The van der Waals surface area contributed by atoms with Gasteiger partial charge in [-0.2, -0.15) is 4.98 Å². The molecule has 2 aromatic carbocycles. The van der Waals surface area contributed by atoms with Gasteiger partial charge in [-0.05, 0) is 67.9 Å². The Morgan fingerprint density at radius 1 is 0.892 bits per heavy atom. The van der Waals surface area contributed by atoms with Gasteiger partial charge in [-0.1, -0.05) is 22.8 Å². The minimum atomic E-state index is 0.0870. The van der Waals surface area contributed by atoms with Gasteiger partial charge >= 0.3 is 0 Å². The van der Waals surface area contributed by atoms with E-state index in [0.29, 0.717) is 36.0 Å².